The Morgan fingerprint density at radius 3 is 2.81 bits per heavy atom. The van der Waals surface area contributed by atoms with Crippen molar-refractivity contribution in [2.24, 2.45) is 5.92 Å². The summed E-state index contributed by atoms with van der Waals surface area (Å²) < 4.78 is 6.52. The molecular weight excluding hydrogens is 330 g/mol. The highest BCUT2D eigenvalue weighted by Gasteiger charge is 2.21. The van der Waals surface area contributed by atoms with Gasteiger partial charge in [-0.1, -0.05) is 35.7 Å². The molecule has 116 valence electrons. The Morgan fingerprint density at radius 2 is 2.19 bits per heavy atom. The van der Waals surface area contributed by atoms with Gasteiger partial charge in [-0.15, -0.1) is 6.42 Å². The molecule has 0 saturated heterocycles. The van der Waals surface area contributed by atoms with Crippen LogP contribution >= 0.6 is 15.9 Å². The first-order valence-electron chi connectivity index (χ1n) is 7.12. The maximum absolute atomic E-state index is 10.3. The van der Waals surface area contributed by atoms with Crippen molar-refractivity contribution in [3.8, 4) is 18.1 Å². The topological polar surface area (TPSA) is 41.5 Å². The number of nitrogens with one attached hydrogen (secondary N) is 1. The molecule has 1 unspecified atom stereocenters. The lowest BCUT2D eigenvalue weighted by Gasteiger charge is -2.26. The van der Waals surface area contributed by atoms with Gasteiger partial charge in [0.2, 0.25) is 0 Å². The number of terminal acetylenes is 1. The summed E-state index contributed by atoms with van der Waals surface area (Å²) >= 11 is 3.46. The van der Waals surface area contributed by atoms with E-state index in [2.05, 4.69) is 41.0 Å². The van der Waals surface area contributed by atoms with Gasteiger partial charge in [0, 0.05) is 23.1 Å². The third-order valence-corrected chi connectivity index (χ3v) is 3.50. The van der Waals surface area contributed by atoms with E-state index < -0.39 is 5.60 Å². The molecule has 2 N–H and O–H groups in total. The average molecular weight is 354 g/mol. The second-order valence-corrected chi connectivity index (χ2v) is 6.86. The molecule has 0 saturated carbocycles. The van der Waals surface area contributed by atoms with Crippen molar-refractivity contribution < 1.29 is 9.84 Å². The predicted octanol–water partition coefficient (Wildman–Crippen LogP) is 3.35. The molecule has 3 nitrogen and oxygen atoms in total. The Bertz CT molecular complexity index is 492. The van der Waals surface area contributed by atoms with Crippen LogP contribution in [-0.4, -0.2) is 23.9 Å². The van der Waals surface area contributed by atoms with E-state index in [0.717, 1.165) is 22.2 Å². The van der Waals surface area contributed by atoms with Crippen molar-refractivity contribution in [3.05, 3.63) is 28.2 Å². The number of hydrogen-bond donors (Lipinski definition) is 2. The molecule has 0 heterocycles. The van der Waals surface area contributed by atoms with E-state index in [1.165, 1.54) is 0 Å². The molecule has 1 rings (SSSR count). The van der Waals surface area contributed by atoms with Gasteiger partial charge in [0.15, 0.2) is 0 Å². The smallest absolute Gasteiger partial charge is 0.148 e. The summed E-state index contributed by atoms with van der Waals surface area (Å²) in [6.07, 6.45) is 5.99. The lowest BCUT2D eigenvalue weighted by molar-refractivity contribution is 0.0383. The summed E-state index contributed by atoms with van der Waals surface area (Å²) in [5.41, 5.74) is 0.306. The second-order valence-electron chi connectivity index (χ2n) is 5.94. The molecule has 4 heteroatoms. The predicted molar refractivity (Wildman–Crippen MR) is 90.3 cm³/mol. The second kappa shape index (κ2) is 8.43. The standard InChI is InChI=1S/C17H24BrNO2/c1-5-8-21-16-7-6-15(18)9-14(16)11-19-12-17(4,20)10-13(2)3/h1,6-7,9,13,19-20H,8,10-12H2,2-4H3. The number of halogens is 1. The summed E-state index contributed by atoms with van der Waals surface area (Å²) in [4.78, 5) is 0. The van der Waals surface area contributed by atoms with Gasteiger partial charge in [-0.25, -0.2) is 0 Å². The molecule has 1 aromatic rings. The maximum atomic E-state index is 10.3. The van der Waals surface area contributed by atoms with Crippen LogP contribution in [0.5, 0.6) is 5.75 Å². The van der Waals surface area contributed by atoms with E-state index in [-0.39, 0.29) is 6.61 Å². The summed E-state index contributed by atoms with van der Waals surface area (Å²) in [6.45, 7) is 7.47. The van der Waals surface area contributed by atoms with Crippen LogP contribution in [0.15, 0.2) is 22.7 Å². The van der Waals surface area contributed by atoms with Crippen molar-refractivity contribution in [1.82, 2.24) is 5.32 Å². The van der Waals surface area contributed by atoms with Gasteiger partial charge in [-0.05, 0) is 37.5 Å². The van der Waals surface area contributed by atoms with Crippen molar-refractivity contribution in [2.45, 2.75) is 39.3 Å². The van der Waals surface area contributed by atoms with Crippen LogP contribution < -0.4 is 10.1 Å². The van der Waals surface area contributed by atoms with Crippen molar-refractivity contribution in [2.75, 3.05) is 13.2 Å². The molecule has 21 heavy (non-hydrogen) atoms. The number of aliphatic hydroxyl groups is 1. The first-order valence-corrected chi connectivity index (χ1v) is 7.91. The van der Waals surface area contributed by atoms with E-state index in [4.69, 9.17) is 11.2 Å². The van der Waals surface area contributed by atoms with Crippen molar-refractivity contribution in [1.29, 1.82) is 0 Å². The molecule has 0 aliphatic heterocycles. The van der Waals surface area contributed by atoms with Crippen LogP contribution in [0.4, 0.5) is 0 Å². The van der Waals surface area contributed by atoms with E-state index in [1.54, 1.807) is 0 Å². The summed E-state index contributed by atoms with van der Waals surface area (Å²) in [5, 5.41) is 13.6. The summed E-state index contributed by atoms with van der Waals surface area (Å²) in [7, 11) is 0. The fraction of sp³-hybridized carbons (Fsp3) is 0.529. The van der Waals surface area contributed by atoms with Gasteiger partial charge in [0.25, 0.3) is 0 Å². The largest absolute Gasteiger partial charge is 0.481 e. The molecule has 0 fully saturated rings. The van der Waals surface area contributed by atoms with E-state index >= 15 is 0 Å². The molecule has 0 aliphatic carbocycles. The molecule has 1 atom stereocenters. The Morgan fingerprint density at radius 1 is 1.48 bits per heavy atom. The average Bonchev–Trinajstić information content (AvgIpc) is 2.36. The number of benzene rings is 1. The van der Waals surface area contributed by atoms with Gasteiger partial charge in [-0.2, -0.15) is 0 Å². The Hall–Kier alpha value is -1.02. The zero-order chi connectivity index (χ0) is 15.9. The van der Waals surface area contributed by atoms with Gasteiger partial charge >= 0.3 is 0 Å². The van der Waals surface area contributed by atoms with Crippen molar-refractivity contribution >= 4 is 15.9 Å². The van der Waals surface area contributed by atoms with E-state index in [0.29, 0.717) is 19.0 Å². The quantitative estimate of drug-likeness (QED) is 0.704. The fourth-order valence-corrected chi connectivity index (χ4v) is 2.77. The van der Waals surface area contributed by atoms with Gasteiger partial charge in [0.05, 0.1) is 5.60 Å². The lowest BCUT2D eigenvalue weighted by atomic mass is 9.94. The molecule has 0 radical (unpaired) electrons. The van der Waals surface area contributed by atoms with Crippen molar-refractivity contribution in [3.63, 3.8) is 0 Å². The number of hydrogen-bond acceptors (Lipinski definition) is 3. The summed E-state index contributed by atoms with van der Waals surface area (Å²) in [5.74, 6) is 3.70. The molecule has 0 amide bonds. The molecule has 1 aromatic carbocycles. The minimum atomic E-state index is -0.708. The van der Waals surface area contributed by atoms with Crippen LogP contribution in [0.25, 0.3) is 0 Å². The van der Waals surface area contributed by atoms with Crippen LogP contribution in [0.1, 0.15) is 32.8 Å². The molecular formula is C17H24BrNO2. The lowest BCUT2D eigenvalue weighted by Crippen LogP contribution is -2.38. The van der Waals surface area contributed by atoms with E-state index in [1.807, 2.05) is 25.1 Å². The third kappa shape index (κ3) is 6.99. The summed E-state index contributed by atoms with van der Waals surface area (Å²) in [6, 6.07) is 5.81. The SMILES string of the molecule is C#CCOc1ccc(Br)cc1CNCC(C)(O)CC(C)C. The third-order valence-electron chi connectivity index (χ3n) is 3.00. The fourth-order valence-electron chi connectivity index (χ4n) is 2.36. The van der Waals surface area contributed by atoms with Gasteiger partial charge in [0.1, 0.15) is 12.4 Å². The zero-order valence-electron chi connectivity index (χ0n) is 12.9. The first kappa shape index (κ1) is 18.0. The van der Waals surface area contributed by atoms with Crippen LogP contribution in [0.3, 0.4) is 0 Å². The molecule has 0 spiro atoms. The molecule has 0 bridgehead atoms. The minimum Gasteiger partial charge on any atom is -0.481 e. The van der Waals surface area contributed by atoms with Crippen LogP contribution in [0.2, 0.25) is 0 Å². The highest BCUT2D eigenvalue weighted by Crippen LogP contribution is 2.23. The van der Waals surface area contributed by atoms with E-state index in [9.17, 15) is 5.11 Å². The molecule has 0 aliphatic rings. The van der Waals surface area contributed by atoms with Gasteiger partial charge < -0.3 is 15.2 Å². The highest BCUT2D eigenvalue weighted by atomic mass is 79.9. The normalized spacial score (nSPS) is 13.8. The maximum Gasteiger partial charge on any atom is 0.148 e. The highest BCUT2D eigenvalue weighted by molar-refractivity contribution is 9.10. The monoisotopic (exact) mass is 353 g/mol. The minimum absolute atomic E-state index is 0.250. The Labute approximate surface area is 136 Å². The van der Waals surface area contributed by atoms with Gasteiger partial charge in [-0.3, -0.25) is 0 Å². The molecule has 0 aromatic heterocycles. The number of rotatable bonds is 8. The number of ether oxygens (including phenoxy) is 1. The van der Waals surface area contributed by atoms with Crippen LogP contribution in [0, 0.1) is 18.3 Å². The van der Waals surface area contributed by atoms with Crippen LogP contribution in [-0.2, 0) is 6.54 Å². The zero-order valence-corrected chi connectivity index (χ0v) is 14.5. The Balaban J connectivity index is 2.62. The Kier molecular flexibility index (Phi) is 7.24. The first-order chi connectivity index (χ1) is 9.84.